The lowest BCUT2D eigenvalue weighted by atomic mass is 9.89. The Balaban J connectivity index is 0.000000166. The van der Waals surface area contributed by atoms with Crippen molar-refractivity contribution < 1.29 is 161 Å². The van der Waals surface area contributed by atoms with Crippen molar-refractivity contribution in [3.8, 4) is 0 Å². The van der Waals surface area contributed by atoms with Crippen LogP contribution in [0.5, 0.6) is 0 Å². The molecule has 0 radical (unpaired) electrons. The van der Waals surface area contributed by atoms with E-state index in [4.69, 9.17) is 68.3 Å². The molecule has 8 saturated heterocycles. The molecule has 8 bridgehead atoms. The van der Waals surface area contributed by atoms with Crippen molar-refractivity contribution >= 4 is 108 Å². The molecule has 688 valence electrons. The number of esters is 8. The predicted molar refractivity (Wildman–Crippen MR) is 422 cm³/mol. The van der Waals surface area contributed by atoms with Gasteiger partial charge in [0.2, 0.25) is 11.2 Å². The van der Waals surface area contributed by atoms with Gasteiger partial charge in [-0.05, 0) is 198 Å². The lowest BCUT2D eigenvalue weighted by Gasteiger charge is -2.29. The molecule has 0 aromatic rings. The number of hydrogen-bond acceptors (Lipinski definition) is 36. The molecule has 21 atom stereocenters. The summed E-state index contributed by atoms with van der Waals surface area (Å²) in [5, 5.41) is -1.95. The van der Waals surface area contributed by atoms with Gasteiger partial charge in [-0.2, -0.15) is 50.5 Å². The molecule has 14 fully saturated rings. The highest BCUT2D eigenvalue weighted by molar-refractivity contribution is 7.89. The maximum absolute atomic E-state index is 12.1. The van der Waals surface area contributed by atoms with E-state index in [1.807, 2.05) is 69.2 Å². The van der Waals surface area contributed by atoms with Gasteiger partial charge in [0.1, 0.15) is 80.5 Å². The number of hydrogen-bond donors (Lipinski definition) is 0. The Morgan fingerprint density at radius 3 is 1.49 bits per heavy atom. The Labute approximate surface area is 706 Å². The van der Waals surface area contributed by atoms with E-state index in [0.29, 0.717) is 89.9 Å². The highest BCUT2D eigenvalue weighted by Gasteiger charge is 2.71. The van der Waals surface area contributed by atoms with Crippen molar-refractivity contribution in [3.63, 3.8) is 0 Å². The van der Waals surface area contributed by atoms with Gasteiger partial charge in [-0.15, -0.1) is 0 Å². The van der Waals surface area contributed by atoms with E-state index in [9.17, 15) is 88.9 Å². The van der Waals surface area contributed by atoms with Crippen LogP contribution >= 0.6 is 0 Å². The molecular formula is C78H124O36S6. The van der Waals surface area contributed by atoms with E-state index in [1.54, 1.807) is 55.4 Å². The van der Waals surface area contributed by atoms with Gasteiger partial charge >= 0.3 is 57.9 Å². The maximum Gasteiger partial charge on any atom is 0.319 e. The van der Waals surface area contributed by atoms with Crippen molar-refractivity contribution in [1.29, 1.82) is 0 Å². The summed E-state index contributed by atoms with van der Waals surface area (Å²) in [6.07, 6.45) is 6.08. The van der Waals surface area contributed by atoms with Gasteiger partial charge in [-0.25, -0.2) is 4.18 Å². The first-order valence-corrected chi connectivity index (χ1v) is 50.6. The first-order chi connectivity index (χ1) is 55.3. The molecule has 0 aromatic heterocycles. The fraction of sp³-hybridized carbons (Fsp3) is 0.897. The Kier molecular flexibility index (Phi) is 30.7. The fourth-order valence-electron chi connectivity index (χ4n) is 16.3. The third-order valence-corrected chi connectivity index (χ3v) is 36.4. The van der Waals surface area contributed by atoms with Crippen LogP contribution in [0.2, 0.25) is 0 Å². The van der Waals surface area contributed by atoms with Crippen LogP contribution in [-0.2, 0) is 172 Å². The van der Waals surface area contributed by atoms with Crippen LogP contribution in [-0.4, -0.2) is 230 Å². The third kappa shape index (κ3) is 22.2. The Morgan fingerprint density at radius 1 is 0.417 bits per heavy atom. The minimum absolute atomic E-state index is 0.0616. The van der Waals surface area contributed by atoms with Gasteiger partial charge in [-0.3, -0.25) is 59.3 Å². The molecule has 6 aliphatic carbocycles. The summed E-state index contributed by atoms with van der Waals surface area (Å²) in [5.74, 6) is -5.59. The molecule has 0 aromatic carbocycles. The predicted octanol–water partition coefficient (Wildman–Crippen LogP) is 7.52. The average molecular weight is 1830 g/mol. The normalized spacial score (nSPS) is 34.7. The lowest BCUT2D eigenvalue weighted by Crippen LogP contribution is -2.43. The minimum atomic E-state index is -3.75. The minimum Gasteiger partial charge on any atom is -0.463 e. The first kappa shape index (κ1) is 98.9. The second-order valence-corrected chi connectivity index (χ2v) is 47.8. The summed E-state index contributed by atoms with van der Waals surface area (Å²) in [7, 11) is -21.3. The van der Waals surface area contributed by atoms with Gasteiger partial charge in [-0.1, -0.05) is 48.0 Å². The molecular weight excluding hydrogens is 1710 g/mol. The largest absolute Gasteiger partial charge is 0.463 e. The van der Waals surface area contributed by atoms with Gasteiger partial charge in [0, 0.05) is 24.2 Å². The summed E-state index contributed by atoms with van der Waals surface area (Å²) in [6, 6.07) is 0. The average Bonchev–Trinajstić information content (AvgIpc) is 1.57. The SMILES string of the molecule is CCC(C)(C)C(=O)OC1C2CC3C(O2)C1OS3(=O)=O.CCC(C)(C)C(=O)OC1C2CCCC2OS1(=O)=O.CCC(C)(C)C(=O)OC1CCC2CC1OS2(=O)=O.CCC(C)(C)C(=O)OC1COS(=O)(=O)C1.CCC(C)(C)C(=O)OCCOC(=O)CC(=O)OC12CC3CC1C(C3)S(=O)(=O)O2.CCC(C)(C)C(=O)OCCOC1C2CC3C1OS(=O)(=O)C3C2. The zero-order valence-electron chi connectivity index (χ0n) is 71.9. The Bertz CT molecular complexity index is 4500. The second kappa shape index (κ2) is 37.2. The number of carbonyl (C=O) groups excluding carboxylic acids is 8. The van der Waals surface area contributed by atoms with E-state index in [0.717, 1.165) is 25.7 Å². The molecule has 8 aliphatic heterocycles. The molecule has 42 heteroatoms. The fourth-order valence-corrected chi connectivity index (χ4v) is 26.1. The smallest absolute Gasteiger partial charge is 0.319 e. The zero-order chi connectivity index (χ0) is 89.7. The second-order valence-electron chi connectivity index (χ2n) is 37.3. The number of carbonyl (C=O) groups is 8. The van der Waals surface area contributed by atoms with Crippen LogP contribution in [0.1, 0.15) is 247 Å². The Hall–Kier alpha value is -4.86. The van der Waals surface area contributed by atoms with Gasteiger partial charge in [0.15, 0.2) is 6.10 Å². The van der Waals surface area contributed by atoms with E-state index in [1.165, 1.54) is 0 Å². The van der Waals surface area contributed by atoms with Crippen LogP contribution in [0, 0.1) is 62.1 Å². The van der Waals surface area contributed by atoms with Crippen LogP contribution in [0.15, 0.2) is 0 Å². The zero-order valence-corrected chi connectivity index (χ0v) is 76.8. The lowest BCUT2D eigenvalue weighted by molar-refractivity contribution is -0.205. The van der Waals surface area contributed by atoms with Crippen molar-refractivity contribution in [2.45, 2.75) is 340 Å². The number of fused-ring (bicyclic) bond motifs is 6. The van der Waals surface area contributed by atoms with Gasteiger partial charge in [0.05, 0.1) is 73.2 Å². The molecule has 0 spiro atoms. The highest BCUT2D eigenvalue weighted by atomic mass is 32.2. The van der Waals surface area contributed by atoms with Gasteiger partial charge < -0.3 is 47.4 Å². The van der Waals surface area contributed by atoms with Crippen LogP contribution in [0.3, 0.4) is 0 Å². The standard InChI is InChI=1S/C18H26O9S.C15H24O6S.C12H18O6S.2C12H20O5S.C9H16O5S/c1-4-17(2,3)16(21)25-6-5-24-14(19)9-15(20)26-18-10-11-7-12(18)13(8-11)28(22,23)27-18;1-4-15(2,3)14(16)20-6-5-19-12-9-7-10-11(8-9)22(17,18)21-13(10)12;1-4-12(2,3)11(13)17-8-6-5-7-9(16-6)10(8)18-19(7,14)15;1-4-12(2,3)11(13)16-9-6-5-8-7-10(9)17-18(8,14)15;1-4-12(2,3)11(13)16-10-8-6-5-7-9(8)17-18(10,14)15;1-4-9(2,3)8(10)14-7-5-13-15(11,12)6-7/h11-13H,4-10H2,1-3H3;9-13H,4-8H2,1-3H3;6-10H,4-5H2,1-3H3;2*8-10H,4-7H2,1-3H3;7H,4-6H2,1-3H3. The van der Waals surface area contributed by atoms with Gasteiger partial charge in [0.25, 0.3) is 50.6 Å². The van der Waals surface area contributed by atoms with Crippen molar-refractivity contribution in [1.82, 2.24) is 0 Å². The topological polar surface area (TPSA) is 489 Å². The molecule has 0 amide bonds. The molecule has 36 nitrogen and oxygen atoms in total. The quantitative estimate of drug-likeness (QED) is 0.0265. The highest BCUT2D eigenvalue weighted by Crippen LogP contribution is 2.61. The number of ether oxygens (including phenoxy) is 10. The molecule has 14 rings (SSSR count). The molecule has 21 unspecified atom stereocenters. The van der Waals surface area contributed by atoms with E-state index in [2.05, 4.69) is 4.18 Å². The monoisotopic (exact) mass is 1830 g/mol. The summed E-state index contributed by atoms with van der Waals surface area (Å²) in [4.78, 5) is 95.2. The van der Waals surface area contributed by atoms with Crippen LogP contribution in [0.25, 0.3) is 0 Å². The van der Waals surface area contributed by atoms with Crippen molar-refractivity contribution in [2.75, 3.05) is 38.8 Å². The van der Waals surface area contributed by atoms with E-state index < -0.39 is 187 Å². The summed E-state index contributed by atoms with van der Waals surface area (Å²) < 4.78 is 223. The van der Waals surface area contributed by atoms with Crippen LogP contribution in [0.4, 0.5) is 0 Å². The third-order valence-electron chi connectivity index (χ3n) is 26.5. The first-order valence-electron chi connectivity index (χ1n) is 41.6. The van der Waals surface area contributed by atoms with E-state index in [-0.39, 0.29) is 122 Å². The summed E-state index contributed by atoms with van der Waals surface area (Å²) in [5.41, 5.74) is -4.57. The van der Waals surface area contributed by atoms with E-state index >= 15 is 0 Å². The molecule has 120 heavy (non-hydrogen) atoms. The Morgan fingerprint density at radius 2 is 0.933 bits per heavy atom. The van der Waals surface area contributed by atoms with Crippen molar-refractivity contribution in [2.24, 2.45) is 62.1 Å². The van der Waals surface area contributed by atoms with Crippen molar-refractivity contribution in [3.05, 3.63) is 0 Å². The molecule has 14 aliphatic rings. The molecule has 0 N–H and O–H groups in total. The molecule has 8 heterocycles. The van der Waals surface area contributed by atoms with Crippen LogP contribution < -0.4 is 0 Å². The summed E-state index contributed by atoms with van der Waals surface area (Å²) in [6.45, 7) is 33.0. The maximum atomic E-state index is 12.1. The number of rotatable bonds is 26. The molecule has 6 saturated carbocycles. The summed E-state index contributed by atoms with van der Waals surface area (Å²) >= 11 is 0.